The van der Waals surface area contributed by atoms with E-state index in [1.807, 2.05) is 0 Å². The fourth-order valence-electron chi connectivity index (χ4n) is 3.63. The molecule has 7 N–H and O–H groups in total. The number of carbonyl (C=O) groups is 3. The molecule has 2 aliphatic rings. The van der Waals surface area contributed by atoms with Crippen molar-refractivity contribution in [3.8, 4) is 0 Å². The van der Waals surface area contributed by atoms with Crippen molar-refractivity contribution < 1.29 is 54.1 Å². The van der Waals surface area contributed by atoms with Gasteiger partial charge in [-0.1, -0.05) is 11.8 Å². The number of hydrogen-bond donors (Lipinski definition) is 7. The van der Waals surface area contributed by atoms with Crippen LogP contribution < -0.4 is 10.6 Å². The SMILES string of the molecule is CC(=O)N[C@H]1[C@H](O[C@H]2[C@H](O)[C@@H](NC(C)=O)C(SC(C)=O)O[C@@H]2CO)O[C@H](CO)[C@@H](O)[C@@H]1O. The van der Waals surface area contributed by atoms with E-state index in [0.29, 0.717) is 11.8 Å². The summed E-state index contributed by atoms with van der Waals surface area (Å²) in [5.41, 5.74) is -1.03. The minimum Gasteiger partial charge on any atom is -0.394 e. The molecule has 0 aromatic carbocycles. The van der Waals surface area contributed by atoms with Crippen LogP contribution in [0.5, 0.6) is 0 Å². The Balaban J connectivity index is 2.32. The zero-order valence-corrected chi connectivity index (χ0v) is 18.6. The third-order valence-electron chi connectivity index (χ3n) is 5.05. The lowest BCUT2D eigenvalue weighted by Crippen LogP contribution is -2.68. The first-order valence-corrected chi connectivity index (χ1v) is 10.8. The van der Waals surface area contributed by atoms with Crippen molar-refractivity contribution in [3.05, 3.63) is 0 Å². The topological polar surface area (TPSA) is 204 Å². The molecule has 2 amide bonds. The van der Waals surface area contributed by atoms with Crippen LogP contribution in [-0.4, -0.2) is 116 Å². The van der Waals surface area contributed by atoms with Gasteiger partial charge in [-0.2, -0.15) is 0 Å². The van der Waals surface area contributed by atoms with Crippen molar-refractivity contribution >= 4 is 28.7 Å². The quantitative estimate of drug-likeness (QED) is 0.186. The van der Waals surface area contributed by atoms with Crippen molar-refractivity contribution in [2.45, 2.75) is 81.2 Å². The first-order valence-electron chi connectivity index (χ1n) is 9.93. The second-order valence-electron chi connectivity index (χ2n) is 7.59. The molecule has 2 saturated heterocycles. The van der Waals surface area contributed by atoms with Gasteiger partial charge in [0, 0.05) is 20.8 Å². The maximum atomic E-state index is 11.6. The molecule has 0 bridgehead atoms. The highest BCUT2D eigenvalue weighted by Crippen LogP contribution is 2.33. The molecule has 2 fully saturated rings. The highest BCUT2D eigenvalue weighted by molar-refractivity contribution is 8.14. The van der Waals surface area contributed by atoms with E-state index in [2.05, 4.69) is 10.6 Å². The Bertz CT molecular complexity index is 683. The van der Waals surface area contributed by atoms with E-state index in [4.69, 9.17) is 14.2 Å². The molecule has 10 atom stereocenters. The van der Waals surface area contributed by atoms with Crippen LogP contribution in [0.4, 0.5) is 0 Å². The van der Waals surface area contributed by atoms with Gasteiger partial charge in [0.2, 0.25) is 11.8 Å². The van der Waals surface area contributed by atoms with Crippen LogP contribution in [0, 0.1) is 0 Å². The van der Waals surface area contributed by atoms with Crippen LogP contribution in [0.3, 0.4) is 0 Å². The van der Waals surface area contributed by atoms with E-state index >= 15 is 0 Å². The lowest BCUT2D eigenvalue weighted by Gasteiger charge is -2.48. The van der Waals surface area contributed by atoms with Crippen molar-refractivity contribution in [2.75, 3.05) is 13.2 Å². The lowest BCUT2D eigenvalue weighted by atomic mass is 9.95. The van der Waals surface area contributed by atoms with Crippen LogP contribution in [0.1, 0.15) is 20.8 Å². The molecular formula is C18H30N2O11S. The van der Waals surface area contributed by atoms with Gasteiger partial charge in [0.05, 0.1) is 19.3 Å². The first kappa shape index (κ1) is 26.9. The third kappa shape index (κ3) is 6.36. The number of thioether (sulfide) groups is 1. The Hall–Kier alpha value is -1.36. The molecule has 2 aliphatic heterocycles. The molecule has 0 saturated carbocycles. The van der Waals surface area contributed by atoms with Gasteiger partial charge < -0.3 is 50.4 Å². The highest BCUT2D eigenvalue weighted by Gasteiger charge is 2.51. The van der Waals surface area contributed by atoms with Crippen molar-refractivity contribution in [3.63, 3.8) is 0 Å². The molecular weight excluding hydrogens is 452 g/mol. The van der Waals surface area contributed by atoms with Gasteiger partial charge in [0.1, 0.15) is 48.1 Å². The number of carbonyl (C=O) groups excluding carboxylic acids is 3. The number of hydrogen-bond acceptors (Lipinski definition) is 12. The van der Waals surface area contributed by atoms with E-state index in [9.17, 15) is 39.9 Å². The van der Waals surface area contributed by atoms with Crippen LogP contribution in [0.2, 0.25) is 0 Å². The number of aliphatic hydroxyl groups excluding tert-OH is 5. The van der Waals surface area contributed by atoms with Gasteiger partial charge in [-0.15, -0.1) is 0 Å². The summed E-state index contributed by atoms with van der Waals surface area (Å²) >= 11 is 0.713. The average molecular weight is 483 g/mol. The summed E-state index contributed by atoms with van der Waals surface area (Å²) < 4.78 is 17.0. The molecule has 184 valence electrons. The number of amides is 2. The monoisotopic (exact) mass is 482 g/mol. The number of rotatable bonds is 7. The molecule has 14 heteroatoms. The Morgan fingerprint density at radius 3 is 1.91 bits per heavy atom. The fourth-order valence-corrected chi connectivity index (χ4v) is 4.53. The van der Waals surface area contributed by atoms with Gasteiger partial charge >= 0.3 is 0 Å². The summed E-state index contributed by atoms with van der Waals surface area (Å²) in [6.45, 7) is 2.33. The predicted octanol–water partition coefficient (Wildman–Crippen LogP) is -3.82. The lowest BCUT2D eigenvalue weighted by molar-refractivity contribution is -0.310. The fraction of sp³-hybridized carbons (Fsp3) is 0.833. The summed E-state index contributed by atoms with van der Waals surface area (Å²) in [4.78, 5) is 34.8. The van der Waals surface area contributed by atoms with E-state index in [1.165, 1.54) is 20.8 Å². The van der Waals surface area contributed by atoms with Gasteiger partial charge in [-0.3, -0.25) is 14.4 Å². The minimum atomic E-state index is -1.59. The largest absolute Gasteiger partial charge is 0.394 e. The van der Waals surface area contributed by atoms with Crippen molar-refractivity contribution in [1.29, 1.82) is 0 Å². The van der Waals surface area contributed by atoms with Gasteiger partial charge in [-0.05, 0) is 0 Å². The smallest absolute Gasteiger partial charge is 0.217 e. The van der Waals surface area contributed by atoms with Gasteiger partial charge in [0.15, 0.2) is 11.4 Å². The summed E-state index contributed by atoms with van der Waals surface area (Å²) in [5, 5.41) is 55.2. The highest BCUT2D eigenvalue weighted by atomic mass is 32.2. The normalized spacial score (nSPS) is 39.9. The Morgan fingerprint density at radius 2 is 1.41 bits per heavy atom. The molecule has 0 aromatic rings. The van der Waals surface area contributed by atoms with E-state index in [0.717, 1.165) is 0 Å². The number of aliphatic hydroxyl groups is 5. The Labute approximate surface area is 188 Å². The summed E-state index contributed by atoms with van der Waals surface area (Å²) in [6.07, 6.45) is -9.88. The van der Waals surface area contributed by atoms with E-state index in [-0.39, 0.29) is 5.12 Å². The van der Waals surface area contributed by atoms with Gasteiger partial charge in [-0.25, -0.2) is 0 Å². The minimum absolute atomic E-state index is 0.349. The molecule has 0 aromatic heterocycles. The van der Waals surface area contributed by atoms with E-state index in [1.54, 1.807) is 0 Å². The summed E-state index contributed by atoms with van der Waals surface area (Å²) in [7, 11) is 0. The standard InChI is InChI=1S/C18H30N2O11S/c1-6(23)19-11-14(27)13(26)9(4-21)29-17(11)31-16-10(5-22)30-18(32-8(3)25)12(15(16)28)20-7(2)24/h9-18,21-22,26-28H,4-5H2,1-3H3,(H,19,23)(H,20,24)/t9-,10-,11-,12-,13-,14-,15-,16-,17+,18?/m1/s1. The van der Waals surface area contributed by atoms with Crippen LogP contribution in [0.25, 0.3) is 0 Å². The van der Waals surface area contributed by atoms with Crippen molar-refractivity contribution in [1.82, 2.24) is 10.6 Å². The molecule has 13 nitrogen and oxygen atoms in total. The predicted molar refractivity (Wildman–Crippen MR) is 108 cm³/mol. The van der Waals surface area contributed by atoms with Crippen LogP contribution in [0.15, 0.2) is 0 Å². The Kier molecular flexibility index (Phi) is 9.81. The molecule has 0 aliphatic carbocycles. The second kappa shape index (κ2) is 11.7. The first-order chi connectivity index (χ1) is 15.0. The molecule has 2 heterocycles. The van der Waals surface area contributed by atoms with Crippen LogP contribution >= 0.6 is 11.8 Å². The molecule has 32 heavy (non-hydrogen) atoms. The van der Waals surface area contributed by atoms with Crippen LogP contribution in [-0.2, 0) is 28.6 Å². The molecule has 0 spiro atoms. The zero-order valence-electron chi connectivity index (χ0n) is 17.8. The van der Waals surface area contributed by atoms with Gasteiger partial charge in [0.25, 0.3) is 0 Å². The molecule has 1 unspecified atom stereocenters. The maximum Gasteiger partial charge on any atom is 0.217 e. The average Bonchev–Trinajstić information content (AvgIpc) is 2.70. The summed E-state index contributed by atoms with van der Waals surface area (Å²) in [6, 6.07) is -2.40. The van der Waals surface area contributed by atoms with E-state index < -0.39 is 85.5 Å². The molecule has 2 rings (SSSR count). The third-order valence-corrected chi connectivity index (χ3v) is 6.02. The van der Waals surface area contributed by atoms with Crippen molar-refractivity contribution in [2.24, 2.45) is 0 Å². The number of ether oxygens (including phenoxy) is 3. The summed E-state index contributed by atoms with van der Waals surface area (Å²) in [5.74, 6) is -1.09. The number of nitrogens with one attached hydrogen (secondary N) is 2. The zero-order chi connectivity index (χ0) is 24.2. The molecule has 0 radical (unpaired) electrons. The Morgan fingerprint density at radius 1 is 0.844 bits per heavy atom. The maximum absolute atomic E-state index is 11.6. The second-order valence-corrected chi connectivity index (χ2v) is 8.86.